The van der Waals surface area contributed by atoms with Crippen LogP contribution in [0, 0.1) is 5.41 Å². The van der Waals surface area contributed by atoms with E-state index in [1.807, 2.05) is 12.1 Å². The van der Waals surface area contributed by atoms with E-state index in [9.17, 15) is 4.79 Å². The maximum atomic E-state index is 11.1. The van der Waals surface area contributed by atoms with Gasteiger partial charge in [-0.15, -0.1) is 0 Å². The second-order valence-electron chi connectivity index (χ2n) is 6.34. The van der Waals surface area contributed by atoms with Gasteiger partial charge in [0.15, 0.2) is 0 Å². The van der Waals surface area contributed by atoms with Crippen LogP contribution < -0.4 is 10.6 Å². The Bertz CT molecular complexity index is 541. The summed E-state index contributed by atoms with van der Waals surface area (Å²) in [4.78, 5) is 15.5. The normalized spacial score (nSPS) is 25.7. The first-order valence-corrected chi connectivity index (χ1v) is 8.33. The third kappa shape index (κ3) is 3.33. The molecular weight excluding hydrogens is 294 g/mol. The van der Waals surface area contributed by atoms with E-state index < -0.39 is 0 Å². The Labute approximate surface area is 137 Å². The van der Waals surface area contributed by atoms with Crippen molar-refractivity contribution in [1.82, 2.24) is 4.98 Å². The quantitative estimate of drug-likeness (QED) is 0.872. The lowest BCUT2D eigenvalue weighted by molar-refractivity contribution is -0.159. The minimum absolute atomic E-state index is 0.0905. The number of aromatic nitrogens is 1. The standard InChI is InChI=1S/C17H25N3O3/c1-3-23-15-10-14(17(15)6-8-22-9-7-17)20-16-5-4-13(11-18-16)19-12(2)21/h4-5,11,14-15H,3,6-10H2,1-2H3,(H,18,20)(H,19,21). The van der Waals surface area contributed by atoms with Crippen LogP contribution in [0.25, 0.3) is 0 Å². The molecule has 3 rings (SSSR count). The second kappa shape index (κ2) is 6.84. The number of amides is 1. The largest absolute Gasteiger partial charge is 0.381 e. The maximum Gasteiger partial charge on any atom is 0.221 e. The van der Waals surface area contributed by atoms with Crippen molar-refractivity contribution in [3.8, 4) is 0 Å². The Balaban J connectivity index is 1.66. The molecule has 2 aliphatic rings. The molecule has 1 aromatic rings. The molecule has 1 saturated carbocycles. The smallest absolute Gasteiger partial charge is 0.221 e. The van der Waals surface area contributed by atoms with E-state index in [1.165, 1.54) is 6.92 Å². The Morgan fingerprint density at radius 3 is 2.83 bits per heavy atom. The molecule has 1 aliphatic carbocycles. The summed E-state index contributed by atoms with van der Waals surface area (Å²) in [6.45, 7) is 5.90. The molecule has 2 heterocycles. The summed E-state index contributed by atoms with van der Waals surface area (Å²) in [5, 5.41) is 6.28. The summed E-state index contributed by atoms with van der Waals surface area (Å²) in [5.41, 5.74) is 0.872. The average Bonchev–Trinajstić information content (AvgIpc) is 2.56. The van der Waals surface area contributed by atoms with Crippen molar-refractivity contribution < 1.29 is 14.3 Å². The van der Waals surface area contributed by atoms with E-state index in [2.05, 4.69) is 22.5 Å². The van der Waals surface area contributed by atoms with E-state index in [-0.39, 0.29) is 11.3 Å². The first-order chi connectivity index (χ1) is 11.1. The molecule has 1 aromatic heterocycles. The van der Waals surface area contributed by atoms with E-state index in [0.29, 0.717) is 17.8 Å². The van der Waals surface area contributed by atoms with Crippen LogP contribution in [0.5, 0.6) is 0 Å². The fourth-order valence-corrected chi connectivity index (χ4v) is 3.74. The molecule has 6 nitrogen and oxygen atoms in total. The molecule has 0 bridgehead atoms. The zero-order valence-corrected chi connectivity index (χ0v) is 13.8. The number of anilines is 2. The van der Waals surface area contributed by atoms with Crippen molar-refractivity contribution in [1.29, 1.82) is 0 Å². The lowest BCUT2D eigenvalue weighted by atomic mass is 9.57. The van der Waals surface area contributed by atoms with E-state index in [4.69, 9.17) is 9.47 Å². The zero-order valence-electron chi connectivity index (χ0n) is 13.8. The van der Waals surface area contributed by atoms with Crippen LogP contribution in [0.1, 0.15) is 33.1 Å². The van der Waals surface area contributed by atoms with Gasteiger partial charge in [-0.3, -0.25) is 4.79 Å². The minimum atomic E-state index is -0.0905. The molecule has 1 amide bonds. The topological polar surface area (TPSA) is 72.5 Å². The van der Waals surface area contributed by atoms with Crippen LogP contribution in [-0.2, 0) is 14.3 Å². The Hall–Kier alpha value is -1.66. The lowest BCUT2D eigenvalue weighted by Gasteiger charge is -2.57. The molecule has 126 valence electrons. The fourth-order valence-electron chi connectivity index (χ4n) is 3.74. The molecule has 23 heavy (non-hydrogen) atoms. The van der Waals surface area contributed by atoms with Crippen molar-refractivity contribution in [3.63, 3.8) is 0 Å². The average molecular weight is 319 g/mol. The number of hydrogen-bond donors (Lipinski definition) is 2. The van der Waals surface area contributed by atoms with E-state index in [0.717, 1.165) is 44.9 Å². The summed E-state index contributed by atoms with van der Waals surface area (Å²) < 4.78 is 11.5. The molecule has 6 heteroatoms. The molecular formula is C17H25N3O3. The van der Waals surface area contributed by atoms with Crippen LogP contribution >= 0.6 is 0 Å². The first-order valence-electron chi connectivity index (χ1n) is 8.33. The third-order valence-electron chi connectivity index (χ3n) is 4.98. The predicted molar refractivity (Wildman–Crippen MR) is 88.5 cm³/mol. The van der Waals surface area contributed by atoms with Crippen LogP contribution in [0.4, 0.5) is 11.5 Å². The minimum Gasteiger partial charge on any atom is -0.381 e. The van der Waals surface area contributed by atoms with Crippen LogP contribution in [0.3, 0.4) is 0 Å². The highest BCUT2D eigenvalue weighted by Gasteiger charge is 2.56. The van der Waals surface area contributed by atoms with Crippen molar-refractivity contribution in [2.75, 3.05) is 30.5 Å². The third-order valence-corrected chi connectivity index (χ3v) is 4.98. The van der Waals surface area contributed by atoms with Gasteiger partial charge in [0.2, 0.25) is 5.91 Å². The molecule has 1 saturated heterocycles. The number of nitrogens with one attached hydrogen (secondary N) is 2. The molecule has 0 aromatic carbocycles. The summed E-state index contributed by atoms with van der Waals surface area (Å²) in [6, 6.07) is 4.14. The van der Waals surface area contributed by atoms with Gasteiger partial charge in [-0.2, -0.15) is 0 Å². The Morgan fingerprint density at radius 1 is 1.43 bits per heavy atom. The summed E-state index contributed by atoms with van der Waals surface area (Å²) in [6.07, 6.45) is 5.05. The van der Waals surface area contributed by atoms with Gasteiger partial charge in [0.1, 0.15) is 5.82 Å². The number of pyridine rings is 1. The van der Waals surface area contributed by atoms with Crippen molar-refractivity contribution >= 4 is 17.4 Å². The summed E-state index contributed by atoms with van der Waals surface area (Å²) >= 11 is 0. The molecule has 1 spiro atoms. The highest BCUT2D eigenvalue weighted by Crippen LogP contribution is 2.51. The van der Waals surface area contributed by atoms with Gasteiger partial charge < -0.3 is 20.1 Å². The number of hydrogen-bond acceptors (Lipinski definition) is 5. The van der Waals surface area contributed by atoms with Crippen molar-refractivity contribution in [2.45, 2.75) is 45.3 Å². The molecule has 2 unspecified atom stereocenters. The summed E-state index contributed by atoms with van der Waals surface area (Å²) in [5.74, 6) is 0.747. The maximum absolute atomic E-state index is 11.1. The lowest BCUT2D eigenvalue weighted by Crippen LogP contribution is -2.63. The molecule has 0 radical (unpaired) electrons. The Morgan fingerprint density at radius 2 is 2.22 bits per heavy atom. The van der Waals surface area contributed by atoms with Gasteiger partial charge in [0, 0.05) is 38.2 Å². The van der Waals surface area contributed by atoms with Gasteiger partial charge in [-0.1, -0.05) is 0 Å². The predicted octanol–water partition coefficient (Wildman–Crippen LogP) is 2.43. The van der Waals surface area contributed by atoms with Gasteiger partial charge in [-0.05, 0) is 38.3 Å². The number of ether oxygens (including phenoxy) is 2. The first kappa shape index (κ1) is 16.2. The van der Waals surface area contributed by atoms with Crippen molar-refractivity contribution in [2.24, 2.45) is 5.41 Å². The fraction of sp³-hybridized carbons (Fsp3) is 0.647. The van der Waals surface area contributed by atoms with Crippen molar-refractivity contribution in [3.05, 3.63) is 18.3 Å². The van der Waals surface area contributed by atoms with Gasteiger partial charge in [-0.25, -0.2) is 4.98 Å². The highest BCUT2D eigenvalue weighted by molar-refractivity contribution is 5.88. The van der Waals surface area contributed by atoms with Gasteiger partial charge in [0.25, 0.3) is 0 Å². The molecule has 2 fully saturated rings. The number of nitrogens with zero attached hydrogens (tertiary/aromatic N) is 1. The molecule has 1 aliphatic heterocycles. The molecule has 2 atom stereocenters. The van der Waals surface area contributed by atoms with Gasteiger partial charge in [0.05, 0.1) is 18.0 Å². The Kier molecular flexibility index (Phi) is 4.82. The summed E-state index contributed by atoms with van der Waals surface area (Å²) in [7, 11) is 0. The van der Waals surface area contributed by atoms with Gasteiger partial charge >= 0.3 is 0 Å². The zero-order chi connectivity index (χ0) is 16.3. The van der Waals surface area contributed by atoms with E-state index >= 15 is 0 Å². The van der Waals surface area contributed by atoms with E-state index in [1.54, 1.807) is 6.20 Å². The van der Waals surface area contributed by atoms with Crippen LogP contribution in [0.15, 0.2) is 18.3 Å². The second-order valence-corrected chi connectivity index (χ2v) is 6.34. The van der Waals surface area contributed by atoms with Crippen LogP contribution in [0.2, 0.25) is 0 Å². The number of carbonyl (C=O) groups excluding carboxylic acids is 1. The number of carbonyl (C=O) groups is 1. The highest BCUT2D eigenvalue weighted by atomic mass is 16.5. The van der Waals surface area contributed by atoms with Crippen LogP contribution in [-0.4, -0.2) is 42.9 Å². The SMILES string of the molecule is CCOC1CC(Nc2ccc(NC(C)=O)cn2)C12CCOCC2. The molecule has 2 N–H and O–H groups in total. The monoisotopic (exact) mass is 319 g/mol. The number of rotatable bonds is 5.